The van der Waals surface area contributed by atoms with E-state index in [2.05, 4.69) is 21.2 Å². The Hall–Kier alpha value is -1.34. The minimum atomic E-state index is -1.07. The normalized spacial score (nSPS) is 12.4. The van der Waals surface area contributed by atoms with Gasteiger partial charge in [0.1, 0.15) is 11.7 Å². The summed E-state index contributed by atoms with van der Waals surface area (Å²) in [6, 6.07) is 0.811. The van der Waals surface area contributed by atoms with E-state index in [1.165, 1.54) is 7.11 Å². The lowest BCUT2D eigenvalue weighted by molar-refractivity contribution is -0.139. The number of hydrogen-bond donors (Lipinski definition) is 2. The van der Waals surface area contributed by atoms with Crippen molar-refractivity contribution in [2.24, 2.45) is 0 Å². The molecule has 0 radical (unpaired) electrons. The number of ether oxygens (including phenoxy) is 1. The molecule has 0 aliphatic heterocycles. The monoisotopic (exact) mass is 346 g/mol. The van der Waals surface area contributed by atoms with Gasteiger partial charge in [-0.3, -0.25) is 4.79 Å². The summed E-state index contributed by atoms with van der Waals surface area (Å²) in [7, 11) is 1.49. The first-order valence-corrected chi connectivity index (χ1v) is 7.06. The molecule has 0 aromatic carbocycles. The van der Waals surface area contributed by atoms with Crippen molar-refractivity contribution in [1.29, 1.82) is 0 Å². The van der Waals surface area contributed by atoms with Gasteiger partial charge in [0.15, 0.2) is 0 Å². The third-order valence-electron chi connectivity index (χ3n) is 2.82. The van der Waals surface area contributed by atoms with E-state index < -0.39 is 17.9 Å². The van der Waals surface area contributed by atoms with E-state index in [0.717, 1.165) is 4.47 Å². The van der Waals surface area contributed by atoms with Gasteiger partial charge in [-0.2, -0.15) is 0 Å². The summed E-state index contributed by atoms with van der Waals surface area (Å²) in [5.41, 5.74) is 0.426. The van der Waals surface area contributed by atoms with Crippen LogP contribution in [0.15, 0.2) is 16.7 Å². The molecule has 0 saturated carbocycles. The molecule has 1 aromatic heterocycles. The number of carboxylic acids is 1. The first kappa shape index (κ1) is 16.7. The van der Waals surface area contributed by atoms with E-state index in [1.54, 1.807) is 16.8 Å². The van der Waals surface area contributed by atoms with Crippen LogP contribution in [0.3, 0.4) is 0 Å². The number of aliphatic carboxylic acids is 1. The summed E-state index contributed by atoms with van der Waals surface area (Å²) in [5, 5.41) is 11.6. The third-order valence-corrected chi connectivity index (χ3v) is 3.25. The van der Waals surface area contributed by atoms with Gasteiger partial charge >= 0.3 is 5.97 Å². The van der Waals surface area contributed by atoms with Gasteiger partial charge in [0, 0.05) is 36.8 Å². The van der Waals surface area contributed by atoms with Crippen molar-refractivity contribution in [3.63, 3.8) is 0 Å². The molecule has 2 N–H and O–H groups in total. The minimum Gasteiger partial charge on any atom is -0.480 e. The van der Waals surface area contributed by atoms with Crippen LogP contribution in [0.4, 0.5) is 0 Å². The highest BCUT2D eigenvalue weighted by Crippen LogP contribution is 2.19. The highest BCUT2D eigenvalue weighted by molar-refractivity contribution is 9.10. The van der Waals surface area contributed by atoms with Crippen LogP contribution in [-0.2, 0) is 9.53 Å². The first-order chi connectivity index (χ1) is 9.36. The fraction of sp³-hybridized carbons (Fsp3) is 0.538. The van der Waals surface area contributed by atoms with Gasteiger partial charge in [0.2, 0.25) is 0 Å². The second kappa shape index (κ2) is 7.44. The van der Waals surface area contributed by atoms with Gasteiger partial charge in [-0.25, -0.2) is 4.79 Å². The van der Waals surface area contributed by atoms with Crippen LogP contribution in [0.2, 0.25) is 0 Å². The zero-order valence-corrected chi connectivity index (χ0v) is 13.3. The van der Waals surface area contributed by atoms with Crippen LogP contribution in [0.25, 0.3) is 0 Å². The maximum atomic E-state index is 12.2. The lowest BCUT2D eigenvalue weighted by Crippen LogP contribution is -2.42. The molecule has 1 unspecified atom stereocenters. The van der Waals surface area contributed by atoms with Gasteiger partial charge in [0.05, 0.1) is 0 Å². The van der Waals surface area contributed by atoms with Crippen LogP contribution in [0.5, 0.6) is 0 Å². The molecule has 0 bridgehead atoms. The van der Waals surface area contributed by atoms with E-state index in [9.17, 15) is 9.59 Å². The highest BCUT2D eigenvalue weighted by atomic mass is 79.9. The van der Waals surface area contributed by atoms with E-state index in [1.807, 2.05) is 13.8 Å². The number of nitrogens with one attached hydrogen (secondary N) is 1. The van der Waals surface area contributed by atoms with Crippen molar-refractivity contribution in [3.8, 4) is 0 Å². The molecule has 1 rings (SSSR count). The molecule has 0 saturated heterocycles. The molecule has 7 heteroatoms. The fourth-order valence-corrected chi connectivity index (χ4v) is 2.22. The quantitative estimate of drug-likeness (QED) is 0.791. The highest BCUT2D eigenvalue weighted by Gasteiger charge is 2.23. The van der Waals surface area contributed by atoms with Crippen molar-refractivity contribution in [2.45, 2.75) is 32.4 Å². The second-order valence-electron chi connectivity index (χ2n) is 4.69. The summed E-state index contributed by atoms with van der Waals surface area (Å²) >= 11 is 3.32. The minimum absolute atomic E-state index is 0.101. The smallest absolute Gasteiger partial charge is 0.326 e. The standard InChI is InChI=1S/C13H19BrN2O4/c1-8(2)16-7-9(14)6-11(16)12(17)15-10(13(18)19)4-5-20-3/h6-8,10H,4-5H2,1-3H3,(H,15,17)(H,18,19). The van der Waals surface area contributed by atoms with Crippen LogP contribution in [-0.4, -0.2) is 41.3 Å². The summed E-state index contributed by atoms with van der Waals surface area (Å²) in [6.07, 6.45) is 2.02. The zero-order chi connectivity index (χ0) is 15.3. The van der Waals surface area contributed by atoms with Crippen molar-refractivity contribution in [1.82, 2.24) is 9.88 Å². The fourth-order valence-electron chi connectivity index (χ4n) is 1.78. The molecule has 0 aliphatic carbocycles. The second-order valence-corrected chi connectivity index (χ2v) is 5.61. The molecule has 6 nitrogen and oxygen atoms in total. The number of rotatable bonds is 7. The number of hydrogen-bond acceptors (Lipinski definition) is 3. The predicted molar refractivity (Wildman–Crippen MR) is 77.9 cm³/mol. The van der Waals surface area contributed by atoms with Gasteiger partial charge < -0.3 is 19.7 Å². The molecule has 0 fully saturated rings. The summed E-state index contributed by atoms with van der Waals surface area (Å²) in [6.45, 7) is 4.16. The third kappa shape index (κ3) is 4.35. The van der Waals surface area contributed by atoms with Crippen molar-refractivity contribution >= 4 is 27.8 Å². The largest absolute Gasteiger partial charge is 0.480 e. The van der Waals surface area contributed by atoms with Gasteiger partial charge in [-0.1, -0.05) is 0 Å². The van der Waals surface area contributed by atoms with Crippen LogP contribution < -0.4 is 5.32 Å². The van der Waals surface area contributed by atoms with Gasteiger partial charge in [-0.05, 0) is 35.8 Å². The molecule has 0 spiro atoms. The molecule has 1 amide bonds. The number of carboxylic acid groups (broad SMARTS) is 1. The Morgan fingerprint density at radius 3 is 2.65 bits per heavy atom. The Balaban J connectivity index is 2.86. The Labute approximate surface area is 126 Å². The Morgan fingerprint density at radius 2 is 2.15 bits per heavy atom. The molecule has 20 heavy (non-hydrogen) atoms. The SMILES string of the molecule is COCCC(NC(=O)c1cc(Br)cn1C(C)C)C(=O)O. The Bertz CT molecular complexity index is 485. The number of amides is 1. The summed E-state index contributed by atoms with van der Waals surface area (Å²) in [4.78, 5) is 23.3. The van der Waals surface area contributed by atoms with Crippen LogP contribution in [0, 0.1) is 0 Å². The number of halogens is 1. The topological polar surface area (TPSA) is 80.6 Å². The van der Waals surface area contributed by atoms with E-state index >= 15 is 0 Å². The van der Waals surface area contributed by atoms with Gasteiger partial charge in [-0.15, -0.1) is 0 Å². The maximum Gasteiger partial charge on any atom is 0.326 e. The zero-order valence-electron chi connectivity index (χ0n) is 11.7. The van der Waals surface area contributed by atoms with Crippen molar-refractivity contribution in [3.05, 3.63) is 22.4 Å². The average Bonchev–Trinajstić information content (AvgIpc) is 2.76. The van der Waals surface area contributed by atoms with Crippen LogP contribution >= 0.6 is 15.9 Å². The summed E-state index contributed by atoms with van der Waals surface area (Å²) < 4.78 is 7.41. The number of aromatic nitrogens is 1. The van der Waals surface area contributed by atoms with Crippen molar-refractivity contribution < 1.29 is 19.4 Å². The van der Waals surface area contributed by atoms with E-state index in [4.69, 9.17) is 9.84 Å². The van der Waals surface area contributed by atoms with E-state index in [0.29, 0.717) is 5.69 Å². The Morgan fingerprint density at radius 1 is 1.50 bits per heavy atom. The number of nitrogens with zero attached hydrogens (tertiary/aromatic N) is 1. The number of methoxy groups -OCH3 is 1. The lowest BCUT2D eigenvalue weighted by atomic mass is 10.2. The molecule has 1 heterocycles. The molecular formula is C13H19BrN2O4. The van der Waals surface area contributed by atoms with Gasteiger partial charge in [0.25, 0.3) is 5.91 Å². The number of carbonyl (C=O) groups excluding carboxylic acids is 1. The molecule has 0 aliphatic rings. The number of carbonyl (C=O) groups is 2. The summed E-state index contributed by atoms with van der Waals surface area (Å²) in [5.74, 6) is -1.48. The Kier molecular flexibility index (Phi) is 6.22. The van der Waals surface area contributed by atoms with Crippen LogP contribution in [0.1, 0.15) is 36.8 Å². The lowest BCUT2D eigenvalue weighted by Gasteiger charge is -2.16. The maximum absolute atomic E-state index is 12.2. The molecule has 1 atom stereocenters. The van der Waals surface area contributed by atoms with E-state index in [-0.39, 0.29) is 19.1 Å². The molecule has 1 aromatic rings. The average molecular weight is 347 g/mol. The molecule has 112 valence electrons. The predicted octanol–water partition coefficient (Wildman–Crippen LogP) is 2.05. The van der Waals surface area contributed by atoms with Crippen molar-refractivity contribution in [2.75, 3.05) is 13.7 Å². The molecular weight excluding hydrogens is 328 g/mol. The first-order valence-electron chi connectivity index (χ1n) is 6.26.